The van der Waals surface area contributed by atoms with Crippen molar-refractivity contribution in [1.82, 2.24) is 0 Å². The van der Waals surface area contributed by atoms with Gasteiger partial charge in [-0.3, -0.25) is 4.79 Å². The number of fused-ring (bicyclic) bond motifs is 1. The van der Waals surface area contributed by atoms with Crippen molar-refractivity contribution in [2.45, 2.75) is 38.9 Å². The number of ether oxygens (including phenoxy) is 1. The zero-order valence-electron chi connectivity index (χ0n) is 10.6. The molecule has 0 spiro atoms. The maximum atomic E-state index is 12.2. The van der Waals surface area contributed by atoms with Gasteiger partial charge in [-0.1, -0.05) is 11.6 Å². The number of benzene rings is 1. The third kappa shape index (κ3) is 1.95. The Kier molecular flexibility index (Phi) is 2.71. The highest BCUT2D eigenvalue weighted by Crippen LogP contribution is 2.26. The SMILES string of the molecule is Cc1ccc2oc(C(=O)C3CCC(C)O3)cc2c1. The maximum Gasteiger partial charge on any atom is 0.226 e. The lowest BCUT2D eigenvalue weighted by Crippen LogP contribution is -2.20. The van der Waals surface area contributed by atoms with Gasteiger partial charge in [0.15, 0.2) is 5.76 Å². The monoisotopic (exact) mass is 244 g/mol. The van der Waals surface area contributed by atoms with Gasteiger partial charge in [-0.15, -0.1) is 0 Å². The van der Waals surface area contributed by atoms with E-state index in [0.29, 0.717) is 5.76 Å². The molecular formula is C15H16O3. The zero-order valence-corrected chi connectivity index (χ0v) is 10.6. The first-order valence-electron chi connectivity index (χ1n) is 6.33. The fraction of sp³-hybridized carbons (Fsp3) is 0.400. The van der Waals surface area contributed by atoms with Crippen LogP contribution in [0.3, 0.4) is 0 Å². The highest BCUT2D eigenvalue weighted by molar-refractivity contribution is 6.00. The number of furan rings is 1. The first-order valence-corrected chi connectivity index (χ1v) is 6.33. The summed E-state index contributed by atoms with van der Waals surface area (Å²) in [6, 6.07) is 7.72. The van der Waals surface area contributed by atoms with Gasteiger partial charge < -0.3 is 9.15 Å². The fourth-order valence-corrected chi connectivity index (χ4v) is 2.44. The highest BCUT2D eigenvalue weighted by atomic mass is 16.5. The Bertz CT molecular complexity index is 597. The third-order valence-electron chi connectivity index (χ3n) is 3.44. The van der Waals surface area contributed by atoms with Crippen LogP contribution in [0.25, 0.3) is 11.0 Å². The lowest BCUT2D eigenvalue weighted by molar-refractivity contribution is 0.0413. The lowest BCUT2D eigenvalue weighted by Gasteiger charge is -2.07. The topological polar surface area (TPSA) is 39.4 Å². The van der Waals surface area contributed by atoms with E-state index in [-0.39, 0.29) is 18.0 Å². The number of carbonyl (C=O) groups excluding carboxylic acids is 1. The molecule has 1 aliphatic rings. The van der Waals surface area contributed by atoms with Crippen LogP contribution in [0.1, 0.15) is 35.9 Å². The average Bonchev–Trinajstić information content (AvgIpc) is 2.93. The molecular weight excluding hydrogens is 228 g/mol. The Morgan fingerprint density at radius 2 is 2.11 bits per heavy atom. The van der Waals surface area contributed by atoms with Crippen molar-refractivity contribution in [3.05, 3.63) is 35.6 Å². The van der Waals surface area contributed by atoms with Crippen LogP contribution in [-0.4, -0.2) is 18.0 Å². The molecule has 0 aliphatic carbocycles. The molecule has 3 heteroatoms. The molecule has 0 bridgehead atoms. The van der Waals surface area contributed by atoms with Gasteiger partial charge in [0.1, 0.15) is 11.7 Å². The summed E-state index contributed by atoms with van der Waals surface area (Å²) in [6.07, 6.45) is 1.57. The van der Waals surface area contributed by atoms with Gasteiger partial charge in [0, 0.05) is 5.39 Å². The maximum absolute atomic E-state index is 12.2. The molecule has 94 valence electrons. The predicted molar refractivity (Wildman–Crippen MR) is 68.9 cm³/mol. The van der Waals surface area contributed by atoms with Crippen molar-refractivity contribution < 1.29 is 13.9 Å². The summed E-state index contributed by atoms with van der Waals surface area (Å²) in [7, 11) is 0. The molecule has 0 saturated carbocycles. The number of Topliss-reactive ketones (excluding diaryl/α,β-unsaturated/α-hetero) is 1. The Balaban J connectivity index is 1.92. The van der Waals surface area contributed by atoms with Crippen LogP contribution in [0, 0.1) is 6.92 Å². The largest absolute Gasteiger partial charge is 0.453 e. The first kappa shape index (κ1) is 11.5. The van der Waals surface area contributed by atoms with Crippen molar-refractivity contribution >= 4 is 16.8 Å². The van der Waals surface area contributed by atoms with Crippen LogP contribution in [0.15, 0.2) is 28.7 Å². The summed E-state index contributed by atoms with van der Waals surface area (Å²) in [5, 5.41) is 0.976. The van der Waals surface area contributed by atoms with Gasteiger partial charge in [-0.2, -0.15) is 0 Å². The van der Waals surface area contributed by atoms with E-state index >= 15 is 0 Å². The second kappa shape index (κ2) is 4.25. The second-order valence-electron chi connectivity index (χ2n) is 5.03. The fourth-order valence-electron chi connectivity index (χ4n) is 2.44. The van der Waals surface area contributed by atoms with Crippen LogP contribution in [-0.2, 0) is 4.74 Å². The number of rotatable bonds is 2. The van der Waals surface area contributed by atoms with Gasteiger partial charge >= 0.3 is 0 Å². The number of ketones is 1. The summed E-state index contributed by atoms with van der Waals surface area (Å²) >= 11 is 0. The molecule has 0 N–H and O–H groups in total. The predicted octanol–water partition coefficient (Wildman–Crippen LogP) is 3.49. The molecule has 3 rings (SSSR count). The van der Waals surface area contributed by atoms with Crippen LogP contribution >= 0.6 is 0 Å². The molecule has 3 nitrogen and oxygen atoms in total. The molecule has 0 radical (unpaired) electrons. The van der Waals surface area contributed by atoms with Crippen molar-refractivity contribution in [1.29, 1.82) is 0 Å². The van der Waals surface area contributed by atoms with E-state index in [4.69, 9.17) is 9.15 Å². The van der Waals surface area contributed by atoms with Crippen LogP contribution in [0.4, 0.5) is 0 Å². The first-order chi connectivity index (χ1) is 8.63. The second-order valence-corrected chi connectivity index (χ2v) is 5.03. The van der Waals surface area contributed by atoms with Crippen molar-refractivity contribution in [3.8, 4) is 0 Å². The summed E-state index contributed by atoms with van der Waals surface area (Å²) in [4.78, 5) is 12.2. The van der Waals surface area contributed by atoms with E-state index in [0.717, 1.165) is 29.4 Å². The van der Waals surface area contributed by atoms with Crippen molar-refractivity contribution in [2.75, 3.05) is 0 Å². The number of carbonyl (C=O) groups is 1. The minimum atomic E-state index is -0.332. The smallest absolute Gasteiger partial charge is 0.226 e. The minimum absolute atomic E-state index is 0.0341. The standard InChI is InChI=1S/C15H16O3/c1-9-3-5-12-11(7-9)8-14(18-12)15(16)13-6-4-10(2)17-13/h3,5,7-8,10,13H,4,6H2,1-2H3. The summed E-state index contributed by atoms with van der Waals surface area (Å²) in [5.74, 6) is 0.378. The van der Waals surface area contributed by atoms with E-state index in [2.05, 4.69) is 0 Å². The zero-order chi connectivity index (χ0) is 12.7. The molecule has 1 aliphatic heterocycles. The van der Waals surface area contributed by atoms with Crippen LogP contribution in [0.5, 0.6) is 0 Å². The molecule has 1 aromatic carbocycles. The van der Waals surface area contributed by atoms with Crippen LogP contribution in [0.2, 0.25) is 0 Å². The Labute approximate surface area is 106 Å². The molecule has 0 amide bonds. The van der Waals surface area contributed by atoms with E-state index in [1.54, 1.807) is 0 Å². The van der Waals surface area contributed by atoms with E-state index in [9.17, 15) is 4.79 Å². The van der Waals surface area contributed by atoms with Crippen LogP contribution < -0.4 is 0 Å². The van der Waals surface area contributed by atoms with E-state index < -0.39 is 0 Å². The summed E-state index contributed by atoms with van der Waals surface area (Å²) in [6.45, 7) is 4.02. The van der Waals surface area contributed by atoms with Crippen molar-refractivity contribution in [2.24, 2.45) is 0 Å². The average molecular weight is 244 g/mol. The lowest BCUT2D eigenvalue weighted by atomic mass is 10.1. The molecule has 2 atom stereocenters. The Morgan fingerprint density at radius 3 is 2.83 bits per heavy atom. The molecule has 1 fully saturated rings. The normalized spacial score (nSPS) is 23.7. The van der Waals surface area contributed by atoms with Gasteiger partial charge in [0.2, 0.25) is 5.78 Å². The van der Waals surface area contributed by atoms with Gasteiger partial charge in [0.05, 0.1) is 6.10 Å². The minimum Gasteiger partial charge on any atom is -0.453 e. The quantitative estimate of drug-likeness (QED) is 0.759. The van der Waals surface area contributed by atoms with Gasteiger partial charge in [-0.25, -0.2) is 0 Å². The van der Waals surface area contributed by atoms with Crippen molar-refractivity contribution in [3.63, 3.8) is 0 Å². The number of hydrogen-bond acceptors (Lipinski definition) is 3. The van der Waals surface area contributed by atoms with E-state index in [1.807, 2.05) is 38.1 Å². The molecule has 2 unspecified atom stereocenters. The summed E-state index contributed by atoms with van der Waals surface area (Å²) < 4.78 is 11.2. The molecule has 1 aromatic heterocycles. The molecule has 18 heavy (non-hydrogen) atoms. The Hall–Kier alpha value is -1.61. The molecule has 2 heterocycles. The highest BCUT2D eigenvalue weighted by Gasteiger charge is 2.30. The van der Waals surface area contributed by atoms with Gasteiger partial charge in [0.25, 0.3) is 0 Å². The van der Waals surface area contributed by atoms with E-state index in [1.165, 1.54) is 0 Å². The number of aryl methyl sites for hydroxylation is 1. The third-order valence-corrected chi connectivity index (χ3v) is 3.44. The Morgan fingerprint density at radius 1 is 1.28 bits per heavy atom. The molecule has 1 saturated heterocycles. The molecule has 2 aromatic rings. The van der Waals surface area contributed by atoms with Gasteiger partial charge in [-0.05, 0) is 44.9 Å². The number of hydrogen-bond donors (Lipinski definition) is 0. The summed E-state index contributed by atoms with van der Waals surface area (Å²) in [5.41, 5.74) is 1.92.